The first-order valence-electron chi connectivity index (χ1n) is 3.47. The molecule has 0 bridgehead atoms. The van der Waals surface area contributed by atoms with E-state index in [2.05, 4.69) is 27.3 Å². The highest BCUT2D eigenvalue weighted by Gasteiger charge is 2.15. The Morgan fingerprint density at radius 3 is 3.23 bits per heavy atom. The molecule has 68 valence electrons. The van der Waals surface area contributed by atoms with Gasteiger partial charge in [-0.2, -0.15) is 0 Å². The van der Waals surface area contributed by atoms with Crippen molar-refractivity contribution in [2.75, 3.05) is 7.11 Å². The average molecular weight is 214 g/mol. The van der Waals surface area contributed by atoms with E-state index in [1.54, 1.807) is 0 Å². The molecule has 0 saturated carbocycles. The van der Waals surface area contributed by atoms with E-state index in [9.17, 15) is 4.79 Å². The van der Waals surface area contributed by atoms with Crippen molar-refractivity contribution in [1.82, 2.24) is 9.97 Å². The Morgan fingerprint density at radius 1 is 1.77 bits per heavy atom. The molecule has 6 heteroatoms. The van der Waals surface area contributed by atoms with Crippen LogP contribution in [0.15, 0.2) is 10.5 Å². The molecule has 0 fully saturated rings. The molecule has 0 radical (unpaired) electrons. The van der Waals surface area contributed by atoms with E-state index in [4.69, 9.17) is 0 Å². The second kappa shape index (κ2) is 3.04. The Bertz CT molecular complexity index is 460. The van der Waals surface area contributed by atoms with Gasteiger partial charge in [0, 0.05) is 5.38 Å². The number of ether oxygens (including phenoxy) is 1. The summed E-state index contributed by atoms with van der Waals surface area (Å²) in [6.45, 7) is 0. The molecule has 0 aliphatic carbocycles. The molecule has 2 aromatic heterocycles. The number of thiophene rings is 1. The van der Waals surface area contributed by atoms with Gasteiger partial charge < -0.3 is 9.72 Å². The monoisotopic (exact) mass is 214 g/mol. The molecule has 0 unspecified atom stereocenters. The summed E-state index contributed by atoms with van der Waals surface area (Å²) in [5.74, 6) is -0.361. The van der Waals surface area contributed by atoms with Gasteiger partial charge in [-0.05, 0) is 0 Å². The number of nitrogens with one attached hydrogen (secondary N) is 1. The van der Waals surface area contributed by atoms with Crippen molar-refractivity contribution in [2.24, 2.45) is 0 Å². The van der Waals surface area contributed by atoms with Crippen molar-refractivity contribution in [3.63, 3.8) is 0 Å². The lowest BCUT2D eigenvalue weighted by atomic mass is 10.4. The van der Waals surface area contributed by atoms with E-state index in [1.807, 2.05) is 5.38 Å². The lowest BCUT2D eigenvalue weighted by Crippen LogP contribution is -1.98. The first-order chi connectivity index (χ1) is 6.22. The Hall–Kier alpha value is -1.01. The van der Waals surface area contributed by atoms with Gasteiger partial charge >= 0.3 is 5.97 Å². The lowest BCUT2D eigenvalue weighted by molar-refractivity contribution is 0.0608. The first kappa shape index (κ1) is 8.58. The Morgan fingerprint density at radius 2 is 2.54 bits per heavy atom. The molecular weight excluding hydrogens is 208 g/mol. The van der Waals surface area contributed by atoms with Crippen LogP contribution in [0.5, 0.6) is 0 Å². The van der Waals surface area contributed by atoms with E-state index in [0.29, 0.717) is 15.6 Å². The highest BCUT2D eigenvalue weighted by Crippen LogP contribution is 2.25. The maximum absolute atomic E-state index is 11.2. The molecule has 2 aromatic rings. The van der Waals surface area contributed by atoms with Crippen LogP contribution in [0.3, 0.4) is 0 Å². The summed E-state index contributed by atoms with van der Waals surface area (Å²) in [4.78, 5) is 18.7. The zero-order valence-electron chi connectivity index (χ0n) is 6.70. The van der Waals surface area contributed by atoms with Crippen molar-refractivity contribution in [2.45, 2.75) is 5.16 Å². The average Bonchev–Trinajstić information content (AvgIpc) is 2.61. The molecule has 2 heterocycles. The van der Waals surface area contributed by atoms with E-state index in [-0.39, 0.29) is 5.97 Å². The fraction of sp³-hybridized carbons (Fsp3) is 0.143. The van der Waals surface area contributed by atoms with Crippen molar-refractivity contribution < 1.29 is 9.53 Å². The summed E-state index contributed by atoms with van der Waals surface area (Å²) in [6, 6.07) is 0. The van der Waals surface area contributed by atoms with Crippen LogP contribution in [0.1, 0.15) is 9.67 Å². The van der Waals surface area contributed by atoms with Crippen LogP contribution in [0.2, 0.25) is 0 Å². The fourth-order valence-corrected chi connectivity index (χ4v) is 2.12. The highest BCUT2D eigenvalue weighted by atomic mass is 32.1. The van der Waals surface area contributed by atoms with Gasteiger partial charge in [0.15, 0.2) is 5.16 Å². The maximum atomic E-state index is 11.2. The molecule has 0 amide bonds. The van der Waals surface area contributed by atoms with Gasteiger partial charge in [-0.25, -0.2) is 9.78 Å². The number of thiol groups is 1. The Labute approximate surface area is 83.3 Å². The maximum Gasteiger partial charge on any atom is 0.350 e. The van der Waals surface area contributed by atoms with Crippen LogP contribution >= 0.6 is 24.0 Å². The molecule has 4 nitrogen and oxygen atoms in total. The number of carbonyl (C=O) groups excluding carboxylic acids is 1. The number of aromatic amines is 1. The fourth-order valence-electron chi connectivity index (χ4n) is 1.04. The second-order valence-electron chi connectivity index (χ2n) is 2.38. The van der Waals surface area contributed by atoms with Crippen LogP contribution in [-0.2, 0) is 4.74 Å². The highest BCUT2D eigenvalue weighted by molar-refractivity contribution is 7.80. The number of fused-ring (bicyclic) bond motifs is 1. The van der Waals surface area contributed by atoms with E-state index in [0.717, 1.165) is 5.52 Å². The first-order valence-corrected chi connectivity index (χ1v) is 4.79. The molecule has 0 aliphatic rings. The minimum Gasteiger partial charge on any atom is -0.465 e. The molecule has 13 heavy (non-hydrogen) atoms. The minimum absolute atomic E-state index is 0.361. The summed E-state index contributed by atoms with van der Waals surface area (Å²) < 4.78 is 4.60. The number of rotatable bonds is 1. The number of imidazole rings is 1. The standard InChI is InChI=1S/C7H6N2O2S2/c1-11-6(10)5-4-3(2-13-5)8-7(12)9-4/h2H,1H3,(H2,8,9,12). The number of esters is 1. The topological polar surface area (TPSA) is 55.0 Å². The number of nitrogens with zero attached hydrogens (tertiary/aromatic N) is 1. The van der Waals surface area contributed by atoms with Gasteiger partial charge in [0.05, 0.1) is 12.6 Å². The van der Waals surface area contributed by atoms with Crippen molar-refractivity contribution in [1.29, 1.82) is 0 Å². The van der Waals surface area contributed by atoms with Gasteiger partial charge in [0.2, 0.25) is 0 Å². The van der Waals surface area contributed by atoms with E-state index < -0.39 is 0 Å². The van der Waals surface area contributed by atoms with Crippen LogP contribution in [0, 0.1) is 0 Å². The summed E-state index contributed by atoms with van der Waals surface area (Å²) in [5, 5.41) is 2.32. The summed E-state index contributed by atoms with van der Waals surface area (Å²) in [7, 11) is 1.35. The van der Waals surface area contributed by atoms with E-state index in [1.165, 1.54) is 18.4 Å². The molecule has 0 aliphatic heterocycles. The quantitative estimate of drug-likeness (QED) is 0.561. The number of carbonyl (C=O) groups is 1. The molecule has 1 N–H and O–H groups in total. The largest absolute Gasteiger partial charge is 0.465 e. The van der Waals surface area contributed by atoms with Crippen LogP contribution in [0.25, 0.3) is 11.0 Å². The van der Waals surface area contributed by atoms with Crippen molar-refractivity contribution in [3.05, 3.63) is 10.3 Å². The number of aromatic nitrogens is 2. The van der Waals surface area contributed by atoms with Crippen molar-refractivity contribution >= 4 is 41.0 Å². The van der Waals surface area contributed by atoms with Crippen LogP contribution < -0.4 is 0 Å². The second-order valence-corrected chi connectivity index (χ2v) is 3.68. The van der Waals surface area contributed by atoms with Gasteiger partial charge in [-0.3, -0.25) is 0 Å². The molecule has 0 saturated heterocycles. The van der Waals surface area contributed by atoms with Gasteiger partial charge in [-0.1, -0.05) is 0 Å². The zero-order valence-corrected chi connectivity index (χ0v) is 8.41. The molecule has 0 spiro atoms. The van der Waals surface area contributed by atoms with Gasteiger partial charge in [-0.15, -0.1) is 24.0 Å². The normalized spacial score (nSPS) is 10.6. The minimum atomic E-state index is -0.361. The summed E-state index contributed by atoms with van der Waals surface area (Å²) >= 11 is 5.35. The lowest BCUT2D eigenvalue weighted by Gasteiger charge is -1.91. The molecule has 0 atom stereocenters. The van der Waals surface area contributed by atoms with Crippen molar-refractivity contribution in [3.8, 4) is 0 Å². The summed E-state index contributed by atoms with van der Waals surface area (Å²) in [6.07, 6.45) is 0. The predicted octanol–water partition coefficient (Wildman–Crippen LogP) is 1.70. The number of hydrogen-bond acceptors (Lipinski definition) is 5. The third-order valence-corrected chi connectivity index (χ3v) is 2.76. The molecule has 2 rings (SSSR count). The van der Waals surface area contributed by atoms with Crippen LogP contribution in [-0.4, -0.2) is 23.0 Å². The van der Waals surface area contributed by atoms with Crippen LogP contribution in [0.4, 0.5) is 0 Å². The third-order valence-electron chi connectivity index (χ3n) is 1.60. The third kappa shape index (κ3) is 1.31. The molecule has 0 aromatic carbocycles. The number of H-pyrrole nitrogens is 1. The number of hydrogen-bond donors (Lipinski definition) is 2. The Balaban J connectivity index is 2.62. The predicted molar refractivity (Wildman–Crippen MR) is 52.6 cm³/mol. The van der Waals surface area contributed by atoms with Gasteiger partial charge in [0.1, 0.15) is 10.4 Å². The smallest absolute Gasteiger partial charge is 0.350 e. The van der Waals surface area contributed by atoms with Gasteiger partial charge in [0.25, 0.3) is 0 Å². The SMILES string of the molecule is COC(=O)c1scc2[nH]c(S)nc12. The number of methoxy groups -OCH3 is 1. The summed E-state index contributed by atoms with van der Waals surface area (Å²) in [5.41, 5.74) is 1.44. The molecular formula is C7H6N2O2S2. The Kier molecular flexibility index (Phi) is 2.01. The van der Waals surface area contributed by atoms with E-state index >= 15 is 0 Å². The zero-order chi connectivity index (χ0) is 9.42.